The summed E-state index contributed by atoms with van der Waals surface area (Å²) >= 11 is 12.1. The van der Waals surface area contributed by atoms with Gasteiger partial charge in [-0.3, -0.25) is 0 Å². The highest BCUT2D eigenvalue weighted by Gasteiger charge is 2.03. The van der Waals surface area contributed by atoms with E-state index in [2.05, 4.69) is 5.32 Å². The van der Waals surface area contributed by atoms with Crippen LogP contribution in [0, 0.1) is 11.3 Å². The number of anilines is 1. The lowest BCUT2D eigenvalue weighted by Crippen LogP contribution is -2.00. The molecule has 2 nitrogen and oxygen atoms in total. The van der Waals surface area contributed by atoms with Crippen LogP contribution < -0.4 is 5.32 Å². The monoisotopic (exact) mass is 276 g/mol. The molecule has 4 heteroatoms. The Bertz CT molecular complexity index is 603. The highest BCUT2D eigenvalue weighted by Crippen LogP contribution is 2.24. The summed E-state index contributed by atoms with van der Waals surface area (Å²) in [7, 11) is 0. The van der Waals surface area contributed by atoms with Gasteiger partial charge in [0.2, 0.25) is 0 Å². The van der Waals surface area contributed by atoms with Gasteiger partial charge in [-0.25, -0.2) is 0 Å². The zero-order valence-electron chi connectivity index (χ0n) is 9.45. The van der Waals surface area contributed by atoms with Crippen molar-refractivity contribution in [3.8, 4) is 6.07 Å². The molecule has 0 aliphatic heterocycles. The largest absolute Gasteiger partial charge is 0.380 e. The molecule has 0 saturated heterocycles. The molecule has 0 aliphatic rings. The molecule has 0 unspecified atom stereocenters. The Hall–Kier alpha value is -1.69. The van der Waals surface area contributed by atoms with Crippen molar-refractivity contribution in [3.63, 3.8) is 0 Å². The highest BCUT2D eigenvalue weighted by molar-refractivity contribution is 6.33. The lowest BCUT2D eigenvalue weighted by Gasteiger charge is -2.09. The molecule has 0 saturated carbocycles. The molecule has 2 rings (SSSR count). The molecule has 0 spiro atoms. The second-order valence-electron chi connectivity index (χ2n) is 3.75. The standard InChI is InChI=1S/C14H10Cl2N2/c15-12-4-2-1-3-11(12)9-18-14-6-5-10(8-17)7-13(14)16/h1-7,18H,9H2. The molecule has 0 bridgehead atoms. The topological polar surface area (TPSA) is 35.8 Å². The Labute approximate surface area is 116 Å². The van der Waals surface area contributed by atoms with Crippen molar-refractivity contribution >= 4 is 28.9 Å². The molecular weight excluding hydrogens is 267 g/mol. The Balaban J connectivity index is 2.12. The van der Waals surface area contributed by atoms with Crippen LogP contribution in [0.2, 0.25) is 10.0 Å². The van der Waals surface area contributed by atoms with Crippen LogP contribution in [0.1, 0.15) is 11.1 Å². The van der Waals surface area contributed by atoms with E-state index in [4.69, 9.17) is 28.5 Å². The molecule has 90 valence electrons. The van der Waals surface area contributed by atoms with Gasteiger partial charge in [0.15, 0.2) is 0 Å². The molecule has 1 N–H and O–H groups in total. The number of halogens is 2. The van der Waals surface area contributed by atoms with Crippen LogP contribution >= 0.6 is 23.2 Å². The van der Waals surface area contributed by atoms with Crippen LogP contribution in [0.25, 0.3) is 0 Å². The van der Waals surface area contributed by atoms with E-state index in [1.165, 1.54) is 0 Å². The highest BCUT2D eigenvalue weighted by atomic mass is 35.5. The van der Waals surface area contributed by atoms with E-state index in [0.717, 1.165) is 16.3 Å². The van der Waals surface area contributed by atoms with Crippen LogP contribution in [0.15, 0.2) is 42.5 Å². The van der Waals surface area contributed by atoms with Gasteiger partial charge in [-0.2, -0.15) is 5.26 Å². The van der Waals surface area contributed by atoms with E-state index in [1.807, 2.05) is 30.3 Å². The second-order valence-corrected chi connectivity index (χ2v) is 4.57. The van der Waals surface area contributed by atoms with Crippen molar-refractivity contribution in [2.24, 2.45) is 0 Å². The summed E-state index contributed by atoms with van der Waals surface area (Å²) in [4.78, 5) is 0. The summed E-state index contributed by atoms with van der Waals surface area (Å²) in [5, 5.41) is 13.2. The zero-order chi connectivity index (χ0) is 13.0. The van der Waals surface area contributed by atoms with Crippen molar-refractivity contribution in [1.29, 1.82) is 5.26 Å². The average molecular weight is 277 g/mol. The van der Waals surface area contributed by atoms with Gasteiger partial charge in [0, 0.05) is 11.6 Å². The molecule has 0 amide bonds. The van der Waals surface area contributed by atoms with Gasteiger partial charge in [0.05, 0.1) is 22.3 Å². The first kappa shape index (κ1) is 12.8. The lowest BCUT2D eigenvalue weighted by molar-refractivity contribution is 1.15. The predicted molar refractivity (Wildman–Crippen MR) is 74.9 cm³/mol. The van der Waals surface area contributed by atoms with Crippen LogP contribution in [0.5, 0.6) is 0 Å². The minimum absolute atomic E-state index is 0.529. The maximum absolute atomic E-state index is 8.75. The number of nitrogens with zero attached hydrogens (tertiary/aromatic N) is 1. The van der Waals surface area contributed by atoms with Gasteiger partial charge >= 0.3 is 0 Å². The summed E-state index contributed by atoms with van der Waals surface area (Å²) in [6.45, 7) is 0.589. The third kappa shape index (κ3) is 2.95. The maximum atomic E-state index is 8.75. The molecule has 0 heterocycles. The van der Waals surface area contributed by atoms with Gasteiger partial charge in [-0.15, -0.1) is 0 Å². The second kappa shape index (κ2) is 5.77. The normalized spacial score (nSPS) is 9.83. The van der Waals surface area contributed by atoms with E-state index in [0.29, 0.717) is 17.1 Å². The smallest absolute Gasteiger partial charge is 0.0992 e. The molecule has 0 fully saturated rings. The number of nitrogens with one attached hydrogen (secondary N) is 1. The number of benzene rings is 2. The van der Waals surface area contributed by atoms with E-state index in [-0.39, 0.29) is 0 Å². The Morgan fingerprint density at radius 3 is 2.50 bits per heavy atom. The zero-order valence-corrected chi connectivity index (χ0v) is 11.0. The molecule has 0 aliphatic carbocycles. The van der Waals surface area contributed by atoms with Crippen molar-refractivity contribution < 1.29 is 0 Å². The first-order valence-electron chi connectivity index (χ1n) is 5.37. The van der Waals surface area contributed by atoms with E-state index in [1.54, 1.807) is 18.2 Å². The van der Waals surface area contributed by atoms with Crippen LogP contribution in [0.4, 0.5) is 5.69 Å². The molecule has 0 aromatic heterocycles. The molecular formula is C14H10Cl2N2. The lowest BCUT2D eigenvalue weighted by atomic mass is 10.2. The van der Waals surface area contributed by atoms with E-state index >= 15 is 0 Å². The number of hydrogen-bond donors (Lipinski definition) is 1. The SMILES string of the molecule is N#Cc1ccc(NCc2ccccc2Cl)c(Cl)c1. The van der Waals surface area contributed by atoms with Gasteiger partial charge in [0.1, 0.15) is 0 Å². The van der Waals surface area contributed by atoms with E-state index in [9.17, 15) is 0 Å². The third-order valence-electron chi connectivity index (χ3n) is 2.53. The summed E-state index contributed by atoms with van der Waals surface area (Å²) in [6, 6.07) is 14.8. The average Bonchev–Trinajstić information content (AvgIpc) is 2.39. The van der Waals surface area contributed by atoms with Crippen molar-refractivity contribution in [1.82, 2.24) is 0 Å². The summed E-state index contributed by atoms with van der Waals surface area (Å²) < 4.78 is 0. The molecule has 2 aromatic rings. The van der Waals surface area contributed by atoms with Gasteiger partial charge in [0.25, 0.3) is 0 Å². The maximum Gasteiger partial charge on any atom is 0.0992 e. The van der Waals surface area contributed by atoms with Gasteiger partial charge < -0.3 is 5.32 Å². The Morgan fingerprint density at radius 2 is 1.83 bits per heavy atom. The fourth-order valence-corrected chi connectivity index (χ4v) is 2.01. The number of rotatable bonds is 3. The first-order valence-corrected chi connectivity index (χ1v) is 6.13. The number of nitriles is 1. The molecule has 2 aromatic carbocycles. The summed E-state index contributed by atoms with van der Waals surface area (Å²) in [5.74, 6) is 0. The van der Waals surface area contributed by atoms with Crippen LogP contribution in [-0.4, -0.2) is 0 Å². The van der Waals surface area contributed by atoms with Gasteiger partial charge in [-0.05, 0) is 29.8 Å². The summed E-state index contributed by atoms with van der Waals surface area (Å²) in [6.07, 6.45) is 0. The van der Waals surface area contributed by atoms with Crippen LogP contribution in [-0.2, 0) is 6.54 Å². The molecule has 18 heavy (non-hydrogen) atoms. The fourth-order valence-electron chi connectivity index (χ4n) is 1.56. The first-order chi connectivity index (χ1) is 8.70. The Morgan fingerprint density at radius 1 is 1.06 bits per heavy atom. The summed E-state index contributed by atoms with van der Waals surface area (Å²) in [5.41, 5.74) is 2.33. The van der Waals surface area contributed by atoms with Crippen LogP contribution in [0.3, 0.4) is 0 Å². The van der Waals surface area contributed by atoms with Crippen molar-refractivity contribution in [3.05, 3.63) is 63.6 Å². The van der Waals surface area contributed by atoms with Gasteiger partial charge in [-0.1, -0.05) is 41.4 Å². The third-order valence-corrected chi connectivity index (χ3v) is 3.21. The van der Waals surface area contributed by atoms with E-state index < -0.39 is 0 Å². The minimum Gasteiger partial charge on any atom is -0.380 e. The quantitative estimate of drug-likeness (QED) is 0.898. The van der Waals surface area contributed by atoms with Crippen molar-refractivity contribution in [2.75, 3.05) is 5.32 Å². The minimum atomic E-state index is 0.529. The fraction of sp³-hybridized carbons (Fsp3) is 0.0714. The molecule has 0 atom stereocenters. The number of hydrogen-bond acceptors (Lipinski definition) is 2. The predicted octanol–water partition coefficient (Wildman–Crippen LogP) is 4.48. The Kier molecular flexibility index (Phi) is 4.09. The van der Waals surface area contributed by atoms with Crippen molar-refractivity contribution in [2.45, 2.75) is 6.54 Å². The molecule has 0 radical (unpaired) electrons.